The van der Waals surface area contributed by atoms with Crippen LogP contribution in [0, 0.1) is 31.6 Å². The molecule has 0 spiro atoms. The Morgan fingerprint density at radius 3 is 2.25 bits per heavy atom. The van der Waals surface area contributed by atoms with Crippen molar-refractivity contribution in [3.05, 3.63) is 94.5 Å². The lowest BCUT2D eigenvalue weighted by molar-refractivity contribution is -0.123. The molecular weight excluding hydrogens is 503 g/mol. The van der Waals surface area contributed by atoms with E-state index in [1.807, 2.05) is 75.4 Å². The number of nitrogens with zero attached hydrogens (tertiary/aromatic N) is 1. The van der Waals surface area contributed by atoms with Gasteiger partial charge in [-0.3, -0.25) is 14.5 Å². The number of anilines is 3. The van der Waals surface area contributed by atoms with Crippen LogP contribution in [-0.4, -0.2) is 29.1 Å². The van der Waals surface area contributed by atoms with Crippen LogP contribution >= 0.6 is 0 Å². The second kappa shape index (κ2) is 10.3. The van der Waals surface area contributed by atoms with Crippen molar-refractivity contribution in [3.63, 3.8) is 0 Å². The summed E-state index contributed by atoms with van der Waals surface area (Å²) in [6.45, 7) is 5.68. The van der Waals surface area contributed by atoms with Crippen molar-refractivity contribution < 1.29 is 24.4 Å². The minimum absolute atomic E-state index is 0.183. The lowest BCUT2D eigenvalue weighted by atomic mass is 9.55. The summed E-state index contributed by atoms with van der Waals surface area (Å²) in [5, 5.41) is 24.8. The van der Waals surface area contributed by atoms with Gasteiger partial charge in [0.05, 0.1) is 23.6 Å². The number of para-hydroxylation sites is 1. The zero-order valence-corrected chi connectivity index (χ0v) is 22.9. The van der Waals surface area contributed by atoms with E-state index in [0.29, 0.717) is 24.9 Å². The average Bonchev–Trinajstić information content (AvgIpc) is 3.21. The van der Waals surface area contributed by atoms with Crippen molar-refractivity contribution in [1.29, 1.82) is 0 Å². The predicted molar refractivity (Wildman–Crippen MR) is 155 cm³/mol. The molecule has 3 aromatic rings. The molecule has 2 heterocycles. The molecule has 0 unspecified atom stereocenters. The zero-order chi connectivity index (χ0) is 28.1. The number of carbonyl (C=O) groups is 2. The second-order valence-corrected chi connectivity index (χ2v) is 11.1. The maximum Gasteiger partial charge on any atom is 0.487 e. The number of phenols is 1. The number of nitrogens with one attached hydrogen (secondary N) is 1. The van der Waals surface area contributed by atoms with Crippen molar-refractivity contribution in [1.82, 2.24) is 0 Å². The van der Waals surface area contributed by atoms with E-state index in [1.54, 1.807) is 12.1 Å². The highest BCUT2D eigenvalue weighted by Crippen LogP contribution is 2.52. The molecule has 2 aliphatic heterocycles. The molecule has 2 saturated heterocycles. The van der Waals surface area contributed by atoms with Crippen LogP contribution in [0.3, 0.4) is 0 Å². The van der Waals surface area contributed by atoms with Crippen LogP contribution < -0.4 is 10.2 Å². The highest BCUT2D eigenvalue weighted by molar-refractivity contribution is 6.53. The number of aryl methyl sites for hydroxylation is 2. The van der Waals surface area contributed by atoms with Gasteiger partial charge in [0.25, 0.3) is 0 Å². The molecule has 1 aliphatic carbocycles. The number of carbonyl (C=O) groups excluding carboxylic acids is 2. The van der Waals surface area contributed by atoms with Crippen LogP contribution in [0.1, 0.15) is 49.0 Å². The van der Waals surface area contributed by atoms with Crippen molar-refractivity contribution >= 4 is 36.0 Å². The summed E-state index contributed by atoms with van der Waals surface area (Å²) in [6.07, 6.45) is 1.15. The molecule has 0 aromatic heterocycles. The lowest BCUT2D eigenvalue weighted by Crippen LogP contribution is -2.44. The maximum absolute atomic E-state index is 14.0. The Labute approximate surface area is 234 Å². The number of fused-ring (bicyclic) bond motifs is 3. The molecule has 204 valence electrons. The molecule has 7 nitrogen and oxygen atoms in total. The third kappa shape index (κ3) is 4.41. The monoisotopic (exact) mass is 536 g/mol. The van der Waals surface area contributed by atoms with Gasteiger partial charge in [0.1, 0.15) is 5.75 Å². The number of hydrogen-bond acceptors (Lipinski definition) is 6. The number of amides is 2. The van der Waals surface area contributed by atoms with E-state index in [-0.39, 0.29) is 23.5 Å². The molecule has 3 aliphatic rings. The van der Waals surface area contributed by atoms with Gasteiger partial charge in [-0.1, -0.05) is 30.7 Å². The van der Waals surface area contributed by atoms with Gasteiger partial charge in [0.2, 0.25) is 11.8 Å². The molecule has 2 fully saturated rings. The first-order valence-corrected chi connectivity index (χ1v) is 13.9. The summed E-state index contributed by atoms with van der Waals surface area (Å²) < 4.78 is 6.11. The van der Waals surface area contributed by atoms with Gasteiger partial charge < -0.3 is 20.1 Å². The van der Waals surface area contributed by atoms with Crippen LogP contribution in [0.2, 0.25) is 0 Å². The van der Waals surface area contributed by atoms with Gasteiger partial charge in [0, 0.05) is 11.4 Å². The number of hydrogen-bond donors (Lipinski definition) is 3. The molecule has 0 radical (unpaired) electrons. The molecule has 8 heteroatoms. The molecule has 2 amide bonds. The Bertz CT molecular complexity index is 1480. The van der Waals surface area contributed by atoms with Crippen molar-refractivity contribution in [2.75, 3.05) is 10.2 Å². The molecule has 3 N–H and O–H groups in total. The molecule has 4 atom stereocenters. The van der Waals surface area contributed by atoms with Gasteiger partial charge in [0.15, 0.2) is 0 Å². The minimum atomic E-state index is -1.14. The fraction of sp³-hybridized carbons (Fsp3) is 0.312. The van der Waals surface area contributed by atoms with Crippen LogP contribution in [0.4, 0.5) is 17.1 Å². The van der Waals surface area contributed by atoms with Gasteiger partial charge in [-0.15, -0.1) is 0 Å². The van der Waals surface area contributed by atoms with Crippen molar-refractivity contribution in [2.45, 2.75) is 46.1 Å². The number of allylic oxidation sites excluding steroid dienone is 2. The van der Waals surface area contributed by atoms with E-state index in [1.165, 1.54) is 4.90 Å². The fourth-order valence-electron chi connectivity index (χ4n) is 6.78. The first kappa shape index (κ1) is 26.4. The van der Waals surface area contributed by atoms with Gasteiger partial charge in [-0.25, -0.2) is 0 Å². The van der Waals surface area contributed by atoms with Gasteiger partial charge in [-0.05, 0) is 110 Å². The fourth-order valence-corrected chi connectivity index (χ4v) is 6.78. The van der Waals surface area contributed by atoms with Crippen LogP contribution in [0.5, 0.6) is 5.75 Å². The number of phenolic OH excluding ortho intramolecular Hbond substituents is 1. The Hall–Kier alpha value is -3.88. The third-order valence-electron chi connectivity index (χ3n) is 8.71. The Balaban J connectivity index is 1.30. The molecule has 0 bridgehead atoms. The highest BCUT2D eigenvalue weighted by atomic mass is 16.5. The van der Waals surface area contributed by atoms with Crippen molar-refractivity contribution in [2.24, 2.45) is 17.8 Å². The summed E-state index contributed by atoms with van der Waals surface area (Å²) in [5.74, 6) is -1.49. The molecule has 6 rings (SSSR count). The summed E-state index contributed by atoms with van der Waals surface area (Å²) in [6, 6.07) is 20.9. The van der Waals surface area contributed by atoms with Gasteiger partial charge >= 0.3 is 7.12 Å². The SMILES string of the molecule is CCC1=C2B(O)O[C@H](c3cc(C)c(O)c(C)c3)C[C@H]2[C@H]2C(=O)N(c3ccc(Nc4ccccc4)cc3)C(=O)[C@H]2C1. The Morgan fingerprint density at radius 2 is 1.60 bits per heavy atom. The molecule has 3 aromatic carbocycles. The minimum Gasteiger partial charge on any atom is -0.507 e. The van der Waals surface area contributed by atoms with E-state index in [0.717, 1.165) is 39.1 Å². The largest absolute Gasteiger partial charge is 0.507 e. The Morgan fingerprint density at radius 1 is 0.950 bits per heavy atom. The number of rotatable bonds is 5. The van der Waals surface area contributed by atoms with E-state index in [2.05, 4.69) is 5.32 Å². The standard InChI is InChI=1S/C32H33BN2O5/c1-4-20-16-26-28(25-17-27(40-33(39)29(20)25)21-14-18(2)30(36)19(3)15-21)32(38)35(31(26)37)24-12-10-23(11-13-24)34-22-8-6-5-7-9-22/h5-15,25-28,34,36,39H,4,16-17H2,1-3H3/t25-,26-,27-,28+/m0/s1. The summed E-state index contributed by atoms with van der Waals surface area (Å²) in [5.41, 5.74) is 6.43. The zero-order valence-electron chi connectivity index (χ0n) is 22.9. The molecule has 0 saturated carbocycles. The molecular formula is C32H33BN2O5. The number of benzene rings is 3. The van der Waals surface area contributed by atoms with Crippen LogP contribution in [0.25, 0.3) is 0 Å². The smallest absolute Gasteiger partial charge is 0.487 e. The third-order valence-corrected chi connectivity index (χ3v) is 8.71. The average molecular weight is 536 g/mol. The van der Waals surface area contributed by atoms with Gasteiger partial charge in [-0.2, -0.15) is 0 Å². The maximum atomic E-state index is 14.0. The van der Waals surface area contributed by atoms with Crippen molar-refractivity contribution in [3.8, 4) is 5.75 Å². The predicted octanol–water partition coefficient (Wildman–Crippen LogP) is 5.77. The number of aromatic hydroxyl groups is 1. The molecule has 40 heavy (non-hydrogen) atoms. The Kier molecular flexibility index (Phi) is 6.76. The normalized spacial score (nSPS) is 24.3. The lowest BCUT2D eigenvalue weighted by Gasteiger charge is -2.42. The summed E-state index contributed by atoms with van der Waals surface area (Å²) in [4.78, 5) is 29.1. The highest BCUT2D eigenvalue weighted by Gasteiger charge is 2.58. The summed E-state index contributed by atoms with van der Waals surface area (Å²) >= 11 is 0. The van der Waals surface area contributed by atoms with E-state index < -0.39 is 25.1 Å². The van der Waals surface area contributed by atoms with Crippen LogP contribution in [0.15, 0.2) is 77.8 Å². The summed E-state index contributed by atoms with van der Waals surface area (Å²) in [7, 11) is -1.14. The quantitative estimate of drug-likeness (QED) is 0.283. The van der Waals surface area contributed by atoms with E-state index in [9.17, 15) is 19.7 Å². The van der Waals surface area contributed by atoms with E-state index in [4.69, 9.17) is 4.65 Å². The first-order chi connectivity index (χ1) is 19.3. The first-order valence-electron chi connectivity index (χ1n) is 13.9. The second-order valence-electron chi connectivity index (χ2n) is 11.1. The van der Waals surface area contributed by atoms with Crippen LogP contribution in [-0.2, 0) is 14.2 Å². The van der Waals surface area contributed by atoms with E-state index >= 15 is 0 Å². The number of imide groups is 1. The topological polar surface area (TPSA) is 99.1 Å².